The summed E-state index contributed by atoms with van der Waals surface area (Å²) in [6.07, 6.45) is 0. The van der Waals surface area contributed by atoms with Gasteiger partial charge in [0.2, 0.25) is 0 Å². The molecule has 0 unspecified atom stereocenters. The van der Waals surface area contributed by atoms with Crippen molar-refractivity contribution in [3.05, 3.63) is 88.7 Å². The quantitative estimate of drug-likeness (QED) is 0.413. The number of aryl methyl sites for hydroxylation is 1. The predicted molar refractivity (Wildman–Crippen MR) is 98.8 cm³/mol. The minimum atomic E-state index is -1.06. The van der Waals surface area contributed by atoms with Gasteiger partial charge in [0.05, 0.1) is 11.6 Å². The summed E-state index contributed by atoms with van der Waals surface area (Å²) in [7, 11) is 0. The molecule has 0 spiro atoms. The van der Waals surface area contributed by atoms with E-state index in [1.165, 1.54) is 42.5 Å². The van der Waals surface area contributed by atoms with Gasteiger partial charge in [0.25, 0.3) is 5.78 Å². The molecule has 8 heteroatoms. The monoisotopic (exact) mass is 396 g/mol. The maximum Gasteiger partial charge on any atom is 0.301 e. The average molecular weight is 396 g/mol. The van der Waals surface area contributed by atoms with Crippen molar-refractivity contribution in [2.45, 2.75) is 13.0 Å². The maximum atomic E-state index is 13.4. The van der Waals surface area contributed by atoms with Crippen LogP contribution in [0.2, 0.25) is 0 Å². The molecular weight excluding hydrogens is 382 g/mol. The minimum absolute atomic E-state index is 0.0806. The maximum absolute atomic E-state index is 13.4. The zero-order valence-electron chi connectivity index (χ0n) is 15.1. The highest BCUT2D eigenvalue weighted by Crippen LogP contribution is 2.41. The van der Waals surface area contributed by atoms with E-state index in [4.69, 9.17) is 4.52 Å². The Balaban J connectivity index is 1.93. The number of carbonyl (C=O) groups is 2. The van der Waals surface area contributed by atoms with Crippen LogP contribution in [0, 0.1) is 18.6 Å². The molecule has 0 saturated carbocycles. The molecule has 2 aromatic carbocycles. The molecule has 1 aromatic heterocycles. The molecule has 29 heavy (non-hydrogen) atoms. The summed E-state index contributed by atoms with van der Waals surface area (Å²) < 4.78 is 31.7. The number of amides is 1. The Morgan fingerprint density at radius 2 is 1.62 bits per heavy atom. The van der Waals surface area contributed by atoms with Crippen molar-refractivity contribution in [3.8, 4) is 0 Å². The number of ketones is 1. The fourth-order valence-electron chi connectivity index (χ4n) is 3.26. The zero-order chi connectivity index (χ0) is 20.7. The van der Waals surface area contributed by atoms with Crippen LogP contribution in [0.15, 0.2) is 64.7 Å². The van der Waals surface area contributed by atoms with Crippen molar-refractivity contribution >= 4 is 23.3 Å². The lowest BCUT2D eigenvalue weighted by atomic mass is 9.95. The number of carbonyl (C=O) groups excluding carboxylic acids is 2. The lowest BCUT2D eigenvalue weighted by Gasteiger charge is -2.22. The molecule has 4 rings (SSSR count). The van der Waals surface area contributed by atoms with Gasteiger partial charge in [0.1, 0.15) is 23.2 Å². The molecule has 1 fully saturated rings. The van der Waals surface area contributed by atoms with Crippen LogP contribution < -0.4 is 4.90 Å². The first-order chi connectivity index (χ1) is 13.9. The van der Waals surface area contributed by atoms with Crippen molar-refractivity contribution in [3.63, 3.8) is 0 Å². The fraction of sp³-hybridized carbons (Fsp3) is 0.0952. The Kier molecular flexibility index (Phi) is 4.46. The molecule has 1 aliphatic rings. The van der Waals surface area contributed by atoms with E-state index in [0.717, 1.165) is 17.0 Å². The van der Waals surface area contributed by atoms with Crippen LogP contribution in [-0.2, 0) is 9.59 Å². The van der Waals surface area contributed by atoms with Crippen LogP contribution >= 0.6 is 0 Å². The molecule has 1 saturated heterocycles. The third-order valence-electron chi connectivity index (χ3n) is 4.61. The number of aliphatic hydroxyl groups is 1. The number of hydrogen-bond acceptors (Lipinski definition) is 5. The third kappa shape index (κ3) is 3.18. The summed E-state index contributed by atoms with van der Waals surface area (Å²) in [4.78, 5) is 26.7. The van der Waals surface area contributed by atoms with Gasteiger partial charge in [-0.1, -0.05) is 17.3 Å². The van der Waals surface area contributed by atoms with E-state index in [9.17, 15) is 23.5 Å². The first-order valence-corrected chi connectivity index (χ1v) is 8.62. The van der Waals surface area contributed by atoms with Crippen molar-refractivity contribution in [2.75, 3.05) is 4.90 Å². The van der Waals surface area contributed by atoms with E-state index in [1.807, 2.05) is 0 Å². The smallest absolute Gasteiger partial charge is 0.301 e. The molecule has 6 nitrogen and oxygen atoms in total. The number of hydrogen-bond donors (Lipinski definition) is 1. The second-order valence-corrected chi connectivity index (χ2v) is 6.52. The van der Waals surface area contributed by atoms with Crippen molar-refractivity contribution < 1.29 is 28.0 Å². The highest BCUT2D eigenvalue weighted by atomic mass is 19.1. The van der Waals surface area contributed by atoms with Gasteiger partial charge >= 0.3 is 5.91 Å². The average Bonchev–Trinajstić information content (AvgIpc) is 3.24. The van der Waals surface area contributed by atoms with Gasteiger partial charge in [-0.15, -0.1) is 0 Å². The molecular formula is C21H14F2N2O4. The molecule has 3 aromatic rings. The number of aromatic nitrogens is 1. The van der Waals surface area contributed by atoms with Gasteiger partial charge in [-0.2, -0.15) is 0 Å². The number of halogens is 2. The van der Waals surface area contributed by atoms with Gasteiger partial charge in [-0.3, -0.25) is 14.5 Å². The minimum Gasteiger partial charge on any atom is -0.507 e. The summed E-state index contributed by atoms with van der Waals surface area (Å²) in [5.74, 6) is -2.86. The van der Waals surface area contributed by atoms with Crippen LogP contribution in [0.4, 0.5) is 14.6 Å². The Hall–Kier alpha value is -3.81. The molecule has 146 valence electrons. The number of nitrogens with zero attached hydrogens (tertiary/aromatic N) is 2. The molecule has 1 atom stereocenters. The van der Waals surface area contributed by atoms with E-state index in [2.05, 4.69) is 5.16 Å². The van der Waals surface area contributed by atoms with E-state index in [1.54, 1.807) is 6.92 Å². The number of rotatable bonds is 3. The first kappa shape index (κ1) is 18.5. The van der Waals surface area contributed by atoms with Crippen molar-refractivity contribution in [2.24, 2.45) is 0 Å². The van der Waals surface area contributed by atoms with Crippen LogP contribution in [0.1, 0.15) is 22.9 Å². The van der Waals surface area contributed by atoms with Gasteiger partial charge in [-0.05, 0) is 48.9 Å². The first-order valence-electron chi connectivity index (χ1n) is 8.62. The topological polar surface area (TPSA) is 83.6 Å². The van der Waals surface area contributed by atoms with Gasteiger partial charge in [0.15, 0.2) is 5.82 Å². The van der Waals surface area contributed by atoms with Crippen molar-refractivity contribution in [1.82, 2.24) is 5.16 Å². The van der Waals surface area contributed by atoms with E-state index >= 15 is 0 Å². The summed E-state index contributed by atoms with van der Waals surface area (Å²) in [5.41, 5.74) is 0.330. The molecule has 0 bridgehead atoms. The second kappa shape index (κ2) is 6.97. The van der Waals surface area contributed by atoms with E-state index in [-0.39, 0.29) is 17.0 Å². The zero-order valence-corrected chi connectivity index (χ0v) is 15.1. The lowest BCUT2D eigenvalue weighted by Crippen LogP contribution is -2.29. The number of benzene rings is 2. The predicted octanol–water partition coefficient (Wildman–Crippen LogP) is 3.89. The molecule has 2 heterocycles. The highest BCUT2D eigenvalue weighted by Gasteiger charge is 2.48. The van der Waals surface area contributed by atoms with Gasteiger partial charge < -0.3 is 9.63 Å². The summed E-state index contributed by atoms with van der Waals surface area (Å²) in [6.45, 7) is 1.62. The normalized spacial score (nSPS) is 18.4. The third-order valence-corrected chi connectivity index (χ3v) is 4.61. The second-order valence-electron chi connectivity index (χ2n) is 6.52. The van der Waals surface area contributed by atoms with Gasteiger partial charge in [-0.25, -0.2) is 8.78 Å². The summed E-state index contributed by atoms with van der Waals surface area (Å²) in [6, 6.07) is 10.4. The molecule has 0 radical (unpaired) electrons. The Morgan fingerprint density at radius 3 is 2.17 bits per heavy atom. The molecule has 1 aliphatic heterocycles. The van der Waals surface area contributed by atoms with Crippen LogP contribution in [0.25, 0.3) is 5.76 Å². The summed E-state index contributed by atoms with van der Waals surface area (Å²) in [5, 5.41) is 14.6. The van der Waals surface area contributed by atoms with E-state index < -0.39 is 35.1 Å². The number of aliphatic hydroxyl groups excluding tert-OH is 1. The van der Waals surface area contributed by atoms with Crippen LogP contribution in [-0.4, -0.2) is 22.0 Å². The molecule has 1 N–H and O–H groups in total. The Bertz CT molecular complexity index is 1130. The van der Waals surface area contributed by atoms with Crippen molar-refractivity contribution in [1.29, 1.82) is 0 Å². The fourth-order valence-corrected chi connectivity index (χ4v) is 3.26. The largest absolute Gasteiger partial charge is 0.507 e. The lowest BCUT2D eigenvalue weighted by molar-refractivity contribution is -0.132. The van der Waals surface area contributed by atoms with Crippen LogP contribution in [0.5, 0.6) is 0 Å². The van der Waals surface area contributed by atoms with Gasteiger partial charge in [0, 0.05) is 11.6 Å². The summed E-state index contributed by atoms with van der Waals surface area (Å²) >= 11 is 0. The Morgan fingerprint density at radius 1 is 1.03 bits per heavy atom. The number of Topliss-reactive ketones (excluding diaryl/α,β-unsaturated/α-hetero) is 1. The molecule has 0 aliphatic carbocycles. The standard InChI is InChI=1S/C21H14F2N2O4/c1-11-10-16(24-29-11)25-18(12-2-6-14(22)7-3-12)17(20(27)21(25)28)19(26)13-4-8-15(23)9-5-13/h2-10,18,26H,1H3/t18-/m0/s1. The highest BCUT2D eigenvalue weighted by molar-refractivity contribution is 6.51. The van der Waals surface area contributed by atoms with E-state index in [0.29, 0.717) is 11.3 Å². The molecule has 1 amide bonds. The Labute approximate surface area is 163 Å². The SMILES string of the molecule is Cc1cc(N2C(=O)C(=O)C(=C(O)c3ccc(F)cc3)[C@@H]2c2ccc(F)cc2)no1. The van der Waals surface area contributed by atoms with Crippen LogP contribution in [0.3, 0.4) is 0 Å². The number of anilines is 1.